The third-order valence-electron chi connectivity index (χ3n) is 5.54. The van der Waals surface area contributed by atoms with Crippen LogP contribution in [0.4, 0.5) is 4.79 Å². The normalized spacial score (nSPS) is 13.5. The number of alkyl carbamates (subject to hydrolysis) is 1. The van der Waals surface area contributed by atoms with Crippen molar-refractivity contribution in [2.75, 3.05) is 13.1 Å². The molecule has 0 saturated carbocycles. The second-order valence-corrected chi connectivity index (χ2v) is 9.60. The van der Waals surface area contributed by atoms with Crippen molar-refractivity contribution < 1.29 is 19.1 Å². The number of carbonyl (C=O) groups is 3. The number of nitrogens with zero attached hydrogens (tertiary/aromatic N) is 1. The first-order valence-corrected chi connectivity index (χ1v) is 12.2. The Labute approximate surface area is 210 Å². The average molecular weight is 484 g/mol. The molecular weight excluding hydrogens is 442 g/mol. The summed E-state index contributed by atoms with van der Waals surface area (Å²) in [5.41, 5.74) is 0.576. The molecule has 1 aromatic rings. The number of amides is 3. The topological polar surface area (TPSA) is 87.7 Å². The Hall–Kier alpha value is -3.27. The van der Waals surface area contributed by atoms with Crippen LogP contribution in [-0.4, -0.2) is 47.5 Å². The molecule has 0 heterocycles. The maximum absolute atomic E-state index is 13.9. The fourth-order valence-corrected chi connectivity index (χ4v) is 3.48. The Bertz CT molecular complexity index is 896. The van der Waals surface area contributed by atoms with Crippen LogP contribution in [0.1, 0.15) is 78.0 Å². The SMILES string of the molecule is C#Cc1ccc(C(C(=O)NCCCC)N(CC=C)C(=O)C(NC(=O)OC(C)(C)C)C(C)CC)cc1. The van der Waals surface area contributed by atoms with Gasteiger partial charge in [0.25, 0.3) is 0 Å². The molecule has 7 heteroatoms. The molecule has 3 atom stereocenters. The molecule has 3 unspecified atom stereocenters. The number of terminal acetylenes is 1. The van der Waals surface area contributed by atoms with E-state index in [4.69, 9.17) is 11.2 Å². The molecule has 0 saturated heterocycles. The minimum Gasteiger partial charge on any atom is -0.444 e. The number of hydrogen-bond acceptors (Lipinski definition) is 4. The van der Waals surface area contributed by atoms with Crippen molar-refractivity contribution in [3.8, 4) is 12.3 Å². The van der Waals surface area contributed by atoms with Gasteiger partial charge in [0, 0.05) is 18.7 Å². The zero-order chi connectivity index (χ0) is 26.6. The number of carbonyl (C=O) groups excluding carboxylic acids is 3. The standard InChI is InChI=1S/C28H41N3O4/c1-9-13-18-29-25(32)24(22-16-14-21(12-4)15-17-22)31(19-10-2)26(33)23(20(5)11-3)30-27(34)35-28(6,7)8/h4,10,14-17,20,23-24H,2,9,11,13,18-19H2,1,3,5-8H3,(H,29,32)(H,30,34). The van der Waals surface area contributed by atoms with E-state index in [0.717, 1.165) is 12.8 Å². The number of benzene rings is 1. The summed E-state index contributed by atoms with van der Waals surface area (Å²) in [4.78, 5) is 41.3. The molecule has 0 aliphatic heterocycles. The van der Waals surface area contributed by atoms with E-state index >= 15 is 0 Å². The molecule has 0 aromatic heterocycles. The lowest BCUT2D eigenvalue weighted by Gasteiger charge is -2.35. The van der Waals surface area contributed by atoms with Gasteiger partial charge in [-0.05, 0) is 50.8 Å². The summed E-state index contributed by atoms with van der Waals surface area (Å²) in [7, 11) is 0. The van der Waals surface area contributed by atoms with Crippen LogP contribution in [0.25, 0.3) is 0 Å². The third-order valence-corrected chi connectivity index (χ3v) is 5.54. The Morgan fingerprint density at radius 2 is 1.83 bits per heavy atom. The summed E-state index contributed by atoms with van der Waals surface area (Å²) in [6, 6.07) is 5.18. The number of unbranched alkanes of at least 4 members (excludes halogenated alkanes) is 1. The Balaban J connectivity index is 3.43. The Morgan fingerprint density at radius 1 is 1.20 bits per heavy atom. The van der Waals surface area contributed by atoms with Crippen LogP contribution in [0.2, 0.25) is 0 Å². The molecule has 0 fully saturated rings. The van der Waals surface area contributed by atoms with Crippen LogP contribution >= 0.6 is 0 Å². The zero-order valence-electron chi connectivity index (χ0n) is 22.0. The average Bonchev–Trinajstić information content (AvgIpc) is 2.80. The van der Waals surface area contributed by atoms with Gasteiger partial charge in [0.15, 0.2) is 0 Å². The van der Waals surface area contributed by atoms with Crippen molar-refractivity contribution in [1.82, 2.24) is 15.5 Å². The van der Waals surface area contributed by atoms with E-state index in [9.17, 15) is 14.4 Å². The minimum absolute atomic E-state index is 0.116. The lowest BCUT2D eigenvalue weighted by molar-refractivity contribution is -0.142. The van der Waals surface area contributed by atoms with E-state index in [0.29, 0.717) is 24.1 Å². The predicted molar refractivity (Wildman–Crippen MR) is 140 cm³/mol. The molecule has 35 heavy (non-hydrogen) atoms. The van der Waals surface area contributed by atoms with Crippen LogP contribution in [0.15, 0.2) is 36.9 Å². The van der Waals surface area contributed by atoms with Crippen molar-refractivity contribution in [2.24, 2.45) is 5.92 Å². The number of ether oxygens (including phenoxy) is 1. The largest absolute Gasteiger partial charge is 0.444 e. The highest BCUT2D eigenvalue weighted by Crippen LogP contribution is 2.25. The predicted octanol–water partition coefficient (Wildman–Crippen LogP) is 4.58. The highest BCUT2D eigenvalue weighted by Gasteiger charge is 2.37. The molecule has 0 aliphatic rings. The Kier molecular flexibility index (Phi) is 12.1. The van der Waals surface area contributed by atoms with E-state index in [-0.39, 0.29) is 24.3 Å². The summed E-state index contributed by atoms with van der Waals surface area (Å²) in [5.74, 6) is 1.67. The summed E-state index contributed by atoms with van der Waals surface area (Å²) in [5, 5.41) is 5.67. The molecule has 7 nitrogen and oxygen atoms in total. The quantitative estimate of drug-likeness (QED) is 0.259. The van der Waals surface area contributed by atoms with E-state index in [2.05, 4.69) is 23.1 Å². The molecule has 1 aromatic carbocycles. The van der Waals surface area contributed by atoms with Gasteiger partial charge in [-0.3, -0.25) is 9.59 Å². The van der Waals surface area contributed by atoms with Crippen molar-refractivity contribution in [3.05, 3.63) is 48.0 Å². The first-order chi connectivity index (χ1) is 16.5. The van der Waals surface area contributed by atoms with Gasteiger partial charge in [0.05, 0.1) is 0 Å². The highest BCUT2D eigenvalue weighted by atomic mass is 16.6. The first-order valence-electron chi connectivity index (χ1n) is 12.2. The van der Waals surface area contributed by atoms with Gasteiger partial charge in [0.2, 0.25) is 11.8 Å². The minimum atomic E-state index is -0.920. The monoisotopic (exact) mass is 483 g/mol. The summed E-state index contributed by atoms with van der Waals surface area (Å²) >= 11 is 0. The molecule has 0 bridgehead atoms. The number of rotatable bonds is 12. The summed E-state index contributed by atoms with van der Waals surface area (Å²) < 4.78 is 5.40. The lowest BCUT2D eigenvalue weighted by atomic mass is 9.95. The molecule has 1 rings (SSSR count). The van der Waals surface area contributed by atoms with E-state index in [1.54, 1.807) is 51.1 Å². The van der Waals surface area contributed by atoms with E-state index in [1.807, 2.05) is 20.8 Å². The van der Waals surface area contributed by atoms with Crippen LogP contribution < -0.4 is 10.6 Å². The fourth-order valence-electron chi connectivity index (χ4n) is 3.48. The van der Waals surface area contributed by atoms with Crippen LogP contribution in [0, 0.1) is 18.3 Å². The number of nitrogens with one attached hydrogen (secondary N) is 2. The van der Waals surface area contributed by atoms with Gasteiger partial charge in [-0.25, -0.2) is 4.79 Å². The van der Waals surface area contributed by atoms with Gasteiger partial charge in [-0.1, -0.05) is 57.7 Å². The van der Waals surface area contributed by atoms with Crippen molar-refractivity contribution in [1.29, 1.82) is 0 Å². The third kappa shape index (κ3) is 9.48. The molecule has 3 amide bonds. The van der Waals surface area contributed by atoms with E-state index in [1.165, 1.54) is 4.90 Å². The van der Waals surface area contributed by atoms with Gasteiger partial charge in [-0.2, -0.15) is 0 Å². The van der Waals surface area contributed by atoms with Crippen LogP contribution in [0.5, 0.6) is 0 Å². The highest BCUT2D eigenvalue weighted by molar-refractivity contribution is 5.92. The maximum Gasteiger partial charge on any atom is 0.408 e. The fraction of sp³-hybridized carbons (Fsp3) is 0.536. The molecule has 2 N–H and O–H groups in total. The smallest absolute Gasteiger partial charge is 0.408 e. The van der Waals surface area contributed by atoms with Gasteiger partial charge in [-0.15, -0.1) is 13.0 Å². The van der Waals surface area contributed by atoms with Gasteiger partial charge in [0.1, 0.15) is 17.7 Å². The van der Waals surface area contributed by atoms with Crippen molar-refractivity contribution >= 4 is 17.9 Å². The second kappa shape index (κ2) is 14.2. The van der Waals surface area contributed by atoms with Crippen LogP contribution in [-0.2, 0) is 14.3 Å². The Morgan fingerprint density at radius 3 is 2.31 bits per heavy atom. The molecule has 0 aliphatic carbocycles. The summed E-state index contributed by atoms with van der Waals surface area (Å²) in [6.45, 7) is 15.5. The first kappa shape index (κ1) is 29.8. The second-order valence-electron chi connectivity index (χ2n) is 9.60. The molecule has 0 spiro atoms. The van der Waals surface area contributed by atoms with Crippen molar-refractivity contribution in [3.63, 3.8) is 0 Å². The number of hydrogen-bond donors (Lipinski definition) is 2. The molecule has 192 valence electrons. The lowest BCUT2D eigenvalue weighted by Crippen LogP contribution is -2.55. The van der Waals surface area contributed by atoms with Crippen molar-refractivity contribution in [2.45, 2.75) is 78.5 Å². The van der Waals surface area contributed by atoms with Gasteiger partial charge >= 0.3 is 6.09 Å². The molecule has 0 radical (unpaired) electrons. The summed E-state index contributed by atoms with van der Waals surface area (Å²) in [6.07, 6.45) is 8.76. The maximum atomic E-state index is 13.9. The van der Waals surface area contributed by atoms with Crippen LogP contribution in [0.3, 0.4) is 0 Å². The van der Waals surface area contributed by atoms with E-state index < -0.39 is 23.8 Å². The zero-order valence-corrected chi connectivity index (χ0v) is 22.0. The molecular formula is C28H41N3O4. The van der Waals surface area contributed by atoms with Gasteiger partial charge < -0.3 is 20.3 Å².